The Kier molecular flexibility index (Phi) is 6.91. The molecule has 2 aromatic rings. The number of nitrogens with zero attached hydrogens (tertiary/aromatic N) is 3. The van der Waals surface area contributed by atoms with Gasteiger partial charge in [0.1, 0.15) is 17.4 Å². The third-order valence-electron chi connectivity index (χ3n) is 5.66. The van der Waals surface area contributed by atoms with Crippen LogP contribution >= 0.6 is 11.6 Å². The highest BCUT2D eigenvalue weighted by molar-refractivity contribution is 6.30. The third-order valence-corrected chi connectivity index (χ3v) is 5.97. The van der Waals surface area contributed by atoms with Crippen LogP contribution in [0.1, 0.15) is 38.0 Å². The molecule has 1 aromatic heterocycles. The van der Waals surface area contributed by atoms with E-state index in [0.717, 1.165) is 0 Å². The molecule has 2 heterocycles. The number of aromatic nitrogens is 1. The quantitative estimate of drug-likeness (QED) is 0.735. The van der Waals surface area contributed by atoms with E-state index >= 15 is 0 Å². The maximum Gasteiger partial charge on any atom is 0.407 e. The molecule has 0 aliphatic carbocycles. The first-order valence-electron chi connectivity index (χ1n) is 10.2. The monoisotopic (exact) mass is 461 g/mol. The first-order valence-corrected chi connectivity index (χ1v) is 10.6. The molecule has 0 radical (unpaired) electrons. The summed E-state index contributed by atoms with van der Waals surface area (Å²) in [5.41, 5.74) is -0.389. The van der Waals surface area contributed by atoms with Crippen LogP contribution in [0.3, 0.4) is 0 Å². The minimum atomic E-state index is -1.10. The highest BCUT2D eigenvalue weighted by Crippen LogP contribution is 2.38. The second kappa shape index (κ2) is 9.31. The van der Waals surface area contributed by atoms with Crippen LogP contribution in [0.2, 0.25) is 5.02 Å². The lowest BCUT2D eigenvalue weighted by Gasteiger charge is -2.34. The molecule has 3 atom stereocenters. The zero-order valence-corrected chi connectivity index (χ0v) is 18.8. The molecule has 170 valence electrons. The Labute approximate surface area is 190 Å². The van der Waals surface area contributed by atoms with E-state index in [0.29, 0.717) is 5.56 Å². The Morgan fingerprint density at radius 3 is 2.66 bits per heavy atom. The van der Waals surface area contributed by atoms with Gasteiger partial charge in [0, 0.05) is 25.2 Å². The van der Waals surface area contributed by atoms with Crippen molar-refractivity contribution in [3.05, 3.63) is 68.8 Å². The Morgan fingerprint density at radius 1 is 1.34 bits per heavy atom. The van der Waals surface area contributed by atoms with Gasteiger partial charge in [0.15, 0.2) is 0 Å². The van der Waals surface area contributed by atoms with E-state index in [9.17, 15) is 24.3 Å². The number of rotatable bonds is 3. The number of amides is 1. The number of hydrogen-bond donors (Lipinski definition) is 1. The Morgan fingerprint density at radius 2 is 2.06 bits per heavy atom. The number of ether oxygens (including phenoxy) is 1. The predicted octanol–water partition coefficient (Wildman–Crippen LogP) is 4.29. The molecule has 0 saturated carbocycles. The van der Waals surface area contributed by atoms with Crippen molar-refractivity contribution in [2.45, 2.75) is 39.5 Å². The first kappa shape index (κ1) is 23.8. The van der Waals surface area contributed by atoms with Crippen molar-refractivity contribution < 1.29 is 19.0 Å². The van der Waals surface area contributed by atoms with Gasteiger partial charge in [-0.25, -0.2) is 9.18 Å². The highest BCUT2D eigenvalue weighted by Gasteiger charge is 2.40. The molecule has 9 heteroatoms. The summed E-state index contributed by atoms with van der Waals surface area (Å²) in [6.45, 7) is 6.12. The Hall–Kier alpha value is -2.89. The molecule has 1 saturated heterocycles. The molecule has 1 fully saturated rings. The number of carboxylic acid groups (broad SMARTS) is 1. The van der Waals surface area contributed by atoms with Gasteiger partial charge in [-0.05, 0) is 35.2 Å². The normalized spacial score (nSPS) is 21.6. The van der Waals surface area contributed by atoms with E-state index in [1.165, 1.54) is 27.7 Å². The lowest BCUT2D eigenvalue weighted by atomic mass is 9.88. The number of halogens is 2. The molecule has 1 aliphatic heterocycles. The molecule has 0 bridgehead atoms. The molecule has 1 N–H and O–H groups in total. The molecule has 0 spiro atoms. The van der Waals surface area contributed by atoms with Gasteiger partial charge < -0.3 is 19.3 Å². The summed E-state index contributed by atoms with van der Waals surface area (Å²) in [7, 11) is 0. The molecular weight excluding hydrogens is 437 g/mol. The largest absolute Gasteiger partial charge is 0.465 e. The van der Waals surface area contributed by atoms with E-state index in [1.54, 1.807) is 18.3 Å². The van der Waals surface area contributed by atoms with Gasteiger partial charge in [-0.15, -0.1) is 0 Å². The molecule has 32 heavy (non-hydrogen) atoms. The van der Waals surface area contributed by atoms with E-state index in [2.05, 4.69) is 0 Å². The summed E-state index contributed by atoms with van der Waals surface area (Å²) in [6.07, 6.45) is -0.740. The molecule has 1 aliphatic rings. The molecule has 1 aromatic carbocycles. The van der Waals surface area contributed by atoms with E-state index < -0.39 is 41.0 Å². The van der Waals surface area contributed by atoms with Crippen molar-refractivity contribution in [3.63, 3.8) is 0 Å². The van der Waals surface area contributed by atoms with Gasteiger partial charge in [-0.3, -0.25) is 4.79 Å². The number of benzene rings is 1. The maximum atomic E-state index is 14.3. The van der Waals surface area contributed by atoms with Crippen LogP contribution in [0.25, 0.3) is 0 Å². The molecular formula is C23H25ClFN3O4. The van der Waals surface area contributed by atoms with Crippen LogP contribution in [0.5, 0.6) is 0 Å². The first-order chi connectivity index (χ1) is 15.0. The van der Waals surface area contributed by atoms with Crippen LogP contribution in [-0.2, 0) is 11.3 Å². The standard InChI is InChI=1S/C23H25ClFN3O4/c1-23(2,3)19-13-28(22(30)31)12-16(11-27-8-4-5-15(10-26)21(27)29)20(32-19)14-6-7-17(24)18(25)9-14/h4-9,16,19-20H,11-13H2,1-3H3,(H,30,31)/t16-,19?,20-/m0/s1. The highest BCUT2D eigenvalue weighted by atomic mass is 35.5. The summed E-state index contributed by atoms with van der Waals surface area (Å²) in [5, 5.41) is 18.9. The summed E-state index contributed by atoms with van der Waals surface area (Å²) in [6, 6.07) is 9.23. The fraction of sp³-hybridized carbons (Fsp3) is 0.435. The summed E-state index contributed by atoms with van der Waals surface area (Å²) in [4.78, 5) is 25.9. The number of pyridine rings is 1. The fourth-order valence-electron chi connectivity index (χ4n) is 3.83. The summed E-state index contributed by atoms with van der Waals surface area (Å²) in [5.74, 6) is -1.13. The van der Waals surface area contributed by atoms with E-state index in [-0.39, 0.29) is 30.2 Å². The number of hydrogen-bond acceptors (Lipinski definition) is 4. The van der Waals surface area contributed by atoms with Crippen molar-refractivity contribution in [1.82, 2.24) is 9.47 Å². The number of nitriles is 1. The lowest BCUT2D eigenvalue weighted by Crippen LogP contribution is -2.42. The summed E-state index contributed by atoms with van der Waals surface area (Å²) < 4.78 is 22.1. The average Bonchev–Trinajstić information content (AvgIpc) is 2.92. The van der Waals surface area contributed by atoms with Crippen molar-refractivity contribution in [2.24, 2.45) is 11.3 Å². The average molecular weight is 462 g/mol. The molecule has 1 amide bonds. The minimum absolute atomic E-state index is 0.0150. The zero-order chi connectivity index (χ0) is 23.6. The Bertz CT molecular complexity index is 1110. The summed E-state index contributed by atoms with van der Waals surface area (Å²) >= 11 is 5.86. The predicted molar refractivity (Wildman–Crippen MR) is 117 cm³/mol. The zero-order valence-electron chi connectivity index (χ0n) is 18.1. The third kappa shape index (κ3) is 5.12. The Balaban J connectivity index is 2.10. The van der Waals surface area contributed by atoms with Gasteiger partial charge in [-0.2, -0.15) is 5.26 Å². The molecule has 3 rings (SSSR count). The van der Waals surface area contributed by atoms with Crippen LogP contribution in [0, 0.1) is 28.5 Å². The van der Waals surface area contributed by atoms with Crippen molar-refractivity contribution in [1.29, 1.82) is 5.26 Å². The minimum Gasteiger partial charge on any atom is -0.465 e. The van der Waals surface area contributed by atoms with Crippen LogP contribution in [0.4, 0.5) is 9.18 Å². The van der Waals surface area contributed by atoms with Gasteiger partial charge in [0.05, 0.1) is 23.8 Å². The van der Waals surface area contributed by atoms with Crippen LogP contribution in [0.15, 0.2) is 41.3 Å². The van der Waals surface area contributed by atoms with E-state index in [1.807, 2.05) is 26.8 Å². The van der Waals surface area contributed by atoms with Gasteiger partial charge in [0.2, 0.25) is 0 Å². The molecule has 1 unspecified atom stereocenters. The van der Waals surface area contributed by atoms with Gasteiger partial charge in [0.25, 0.3) is 5.56 Å². The molecule has 7 nitrogen and oxygen atoms in total. The van der Waals surface area contributed by atoms with Crippen molar-refractivity contribution >= 4 is 17.7 Å². The topological polar surface area (TPSA) is 95.6 Å². The fourth-order valence-corrected chi connectivity index (χ4v) is 3.95. The van der Waals surface area contributed by atoms with E-state index in [4.69, 9.17) is 16.3 Å². The number of carbonyl (C=O) groups is 1. The smallest absolute Gasteiger partial charge is 0.407 e. The van der Waals surface area contributed by atoms with Gasteiger partial charge in [-0.1, -0.05) is 38.4 Å². The second-order valence-corrected chi connectivity index (χ2v) is 9.43. The van der Waals surface area contributed by atoms with Crippen molar-refractivity contribution in [3.8, 4) is 6.07 Å². The maximum absolute atomic E-state index is 14.3. The second-order valence-electron chi connectivity index (χ2n) is 9.02. The van der Waals surface area contributed by atoms with Crippen molar-refractivity contribution in [2.75, 3.05) is 13.1 Å². The van der Waals surface area contributed by atoms with Crippen LogP contribution < -0.4 is 5.56 Å². The SMILES string of the molecule is CC(C)(C)C1CN(C(=O)O)C[C@H](Cn2cccc(C#N)c2=O)[C@H](c2ccc(Cl)c(F)c2)O1. The lowest BCUT2D eigenvalue weighted by molar-refractivity contribution is -0.0789. The van der Waals surface area contributed by atoms with Crippen LogP contribution in [-0.4, -0.2) is 39.9 Å². The van der Waals surface area contributed by atoms with Gasteiger partial charge >= 0.3 is 6.09 Å².